The van der Waals surface area contributed by atoms with Crippen LogP contribution in [-0.4, -0.2) is 7.11 Å². The van der Waals surface area contributed by atoms with Crippen molar-refractivity contribution in [3.63, 3.8) is 0 Å². The van der Waals surface area contributed by atoms with E-state index in [1.165, 1.54) is 0 Å². The minimum atomic E-state index is -0.578. The molecular weight excluding hydrogens is 212 g/mol. The lowest BCUT2D eigenvalue weighted by molar-refractivity contribution is 0.389. The lowest BCUT2D eigenvalue weighted by Crippen LogP contribution is -2.28. The van der Waals surface area contributed by atoms with Gasteiger partial charge in [-0.1, -0.05) is 6.07 Å². The summed E-state index contributed by atoms with van der Waals surface area (Å²) < 4.78 is 5.27. The minimum Gasteiger partial charge on any atom is -0.496 e. The van der Waals surface area contributed by atoms with Crippen LogP contribution < -0.4 is 10.5 Å². The molecule has 0 fully saturated rings. The van der Waals surface area contributed by atoms with Crippen LogP contribution in [0.25, 0.3) is 0 Å². The van der Waals surface area contributed by atoms with E-state index in [2.05, 4.69) is 6.07 Å². The van der Waals surface area contributed by atoms with Crippen LogP contribution in [0, 0.1) is 30.6 Å². The second-order valence-electron chi connectivity index (χ2n) is 4.99. The topological polar surface area (TPSA) is 59.0 Å². The van der Waals surface area contributed by atoms with Gasteiger partial charge < -0.3 is 10.5 Å². The number of nitrogens with two attached hydrogens (primary N) is 1. The van der Waals surface area contributed by atoms with Crippen molar-refractivity contribution >= 4 is 0 Å². The molecule has 0 heterocycles. The maximum Gasteiger partial charge on any atom is 0.122 e. The molecule has 0 bridgehead atoms. The average Bonchev–Trinajstić information content (AvgIpc) is 2.30. The van der Waals surface area contributed by atoms with Crippen LogP contribution in [0.3, 0.4) is 0 Å². The molecule has 17 heavy (non-hydrogen) atoms. The van der Waals surface area contributed by atoms with Crippen LogP contribution in [0.2, 0.25) is 0 Å². The molecule has 1 atom stereocenters. The molecule has 1 aromatic rings. The normalized spacial score (nSPS) is 13.0. The number of nitriles is 1. The molecular formula is C14H20N2O. The largest absolute Gasteiger partial charge is 0.496 e. The Morgan fingerprint density at radius 3 is 2.35 bits per heavy atom. The van der Waals surface area contributed by atoms with Gasteiger partial charge in [-0.2, -0.15) is 5.26 Å². The lowest BCUT2D eigenvalue weighted by Gasteiger charge is -2.26. The summed E-state index contributed by atoms with van der Waals surface area (Å²) >= 11 is 0. The van der Waals surface area contributed by atoms with Crippen molar-refractivity contribution in [3.05, 3.63) is 28.8 Å². The monoisotopic (exact) mass is 232 g/mol. The first-order valence-electron chi connectivity index (χ1n) is 5.65. The number of aryl methyl sites for hydroxylation is 2. The van der Waals surface area contributed by atoms with E-state index in [4.69, 9.17) is 15.7 Å². The highest BCUT2D eigenvalue weighted by molar-refractivity contribution is 5.43. The van der Waals surface area contributed by atoms with Crippen LogP contribution in [-0.2, 0) is 0 Å². The molecule has 0 aliphatic carbocycles. The lowest BCUT2D eigenvalue weighted by atomic mass is 9.80. The predicted molar refractivity (Wildman–Crippen MR) is 68.8 cm³/mol. The van der Waals surface area contributed by atoms with Crippen molar-refractivity contribution in [1.82, 2.24) is 0 Å². The third-order valence-corrected chi connectivity index (χ3v) is 3.18. The zero-order valence-electron chi connectivity index (χ0n) is 11.2. The molecule has 0 aliphatic heterocycles. The first-order chi connectivity index (χ1) is 7.83. The summed E-state index contributed by atoms with van der Waals surface area (Å²) in [6, 6.07) is 5.95. The van der Waals surface area contributed by atoms with Gasteiger partial charge in [0.15, 0.2) is 0 Å². The van der Waals surface area contributed by atoms with E-state index in [0.717, 1.165) is 22.4 Å². The van der Waals surface area contributed by atoms with Gasteiger partial charge in [0.1, 0.15) is 5.75 Å². The zero-order chi connectivity index (χ0) is 13.2. The fraction of sp³-hybridized carbons (Fsp3) is 0.500. The Kier molecular flexibility index (Phi) is 3.79. The molecule has 0 spiro atoms. The highest BCUT2D eigenvalue weighted by atomic mass is 16.5. The van der Waals surface area contributed by atoms with Crippen LogP contribution in [0.4, 0.5) is 0 Å². The Bertz CT molecular complexity index is 458. The molecule has 1 rings (SSSR count). The van der Waals surface area contributed by atoms with E-state index in [0.29, 0.717) is 0 Å². The number of rotatable bonds is 3. The first kappa shape index (κ1) is 13.5. The molecule has 0 saturated heterocycles. The van der Waals surface area contributed by atoms with E-state index < -0.39 is 5.41 Å². The molecule has 1 aromatic carbocycles. The molecule has 3 nitrogen and oxygen atoms in total. The smallest absolute Gasteiger partial charge is 0.122 e. The zero-order valence-corrected chi connectivity index (χ0v) is 11.2. The molecule has 0 saturated carbocycles. The molecule has 2 N–H and O–H groups in total. The number of hydrogen-bond donors (Lipinski definition) is 1. The van der Waals surface area contributed by atoms with Gasteiger partial charge in [-0.05, 0) is 50.5 Å². The van der Waals surface area contributed by atoms with Gasteiger partial charge in [0.2, 0.25) is 0 Å². The van der Waals surface area contributed by atoms with Gasteiger partial charge in [-0.25, -0.2) is 0 Å². The van der Waals surface area contributed by atoms with Crippen LogP contribution in [0.1, 0.15) is 36.6 Å². The van der Waals surface area contributed by atoms with E-state index in [1.807, 2.05) is 39.8 Å². The average molecular weight is 232 g/mol. The number of ether oxygens (including phenoxy) is 1. The quantitative estimate of drug-likeness (QED) is 0.871. The summed E-state index contributed by atoms with van der Waals surface area (Å²) in [5.41, 5.74) is 8.71. The molecule has 0 aromatic heterocycles. The molecule has 0 radical (unpaired) electrons. The Morgan fingerprint density at radius 2 is 1.88 bits per heavy atom. The van der Waals surface area contributed by atoms with E-state index >= 15 is 0 Å². The fourth-order valence-electron chi connectivity index (χ4n) is 1.83. The van der Waals surface area contributed by atoms with Crippen molar-refractivity contribution in [1.29, 1.82) is 5.26 Å². The van der Waals surface area contributed by atoms with Crippen molar-refractivity contribution in [2.75, 3.05) is 7.11 Å². The maximum atomic E-state index is 9.13. The maximum absolute atomic E-state index is 9.13. The number of hydrogen-bond acceptors (Lipinski definition) is 3. The molecule has 3 heteroatoms. The third-order valence-electron chi connectivity index (χ3n) is 3.18. The number of methoxy groups -OCH3 is 1. The van der Waals surface area contributed by atoms with E-state index in [-0.39, 0.29) is 6.04 Å². The molecule has 92 valence electrons. The molecule has 1 unspecified atom stereocenters. The molecule has 0 aliphatic rings. The summed E-state index contributed by atoms with van der Waals surface area (Å²) in [4.78, 5) is 0. The third kappa shape index (κ3) is 2.59. The minimum absolute atomic E-state index is 0.294. The highest BCUT2D eigenvalue weighted by Crippen LogP contribution is 2.34. The Hall–Kier alpha value is -1.53. The summed E-state index contributed by atoms with van der Waals surface area (Å²) in [6.07, 6.45) is 0. The standard InChI is InChI=1S/C14H20N2O/c1-9-7-12(17-5)10(2)6-11(9)13(16)14(3,4)8-15/h6-7,13H,16H2,1-5H3. The van der Waals surface area contributed by atoms with Gasteiger partial charge in [-0.3, -0.25) is 0 Å². The van der Waals surface area contributed by atoms with Crippen molar-refractivity contribution < 1.29 is 4.74 Å². The summed E-state index contributed by atoms with van der Waals surface area (Å²) in [7, 11) is 1.65. The predicted octanol–water partition coefficient (Wildman–Crippen LogP) is 2.86. The summed E-state index contributed by atoms with van der Waals surface area (Å²) in [5.74, 6) is 0.855. The van der Waals surface area contributed by atoms with E-state index in [1.54, 1.807) is 7.11 Å². The summed E-state index contributed by atoms with van der Waals surface area (Å²) in [6.45, 7) is 7.69. The Labute approximate surface area is 103 Å². The van der Waals surface area contributed by atoms with Crippen LogP contribution in [0.15, 0.2) is 12.1 Å². The number of nitrogens with zero attached hydrogens (tertiary/aromatic N) is 1. The van der Waals surface area contributed by atoms with Gasteiger partial charge in [0.05, 0.1) is 18.6 Å². The number of benzene rings is 1. The second-order valence-corrected chi connectivity index (χ2v) is 4.99. The van der Waals surface area contributed by atoms with Crippen LogP contribution >= 0.6 is 0 Å². The summed E-state index contributed by atoms with van der Waals surface area (Å²) in [5, 5.41) is 9.13. The van der Waals surface area contributed by atoms with E-state index in [9.17, 15) is 0 Å². The van der Waals surface area contributed by atoms with Crippen molar-refractivity contribution in [3.8, 4) is 11.8 Å². The second kappa shape index (κ2) is 4.77. The van der Waals surface area contributed by atoms with Gasteiger partial charge in [-0.15, -0.1) is 0 Å². The Morgan fingerprint density at radius 1 is 1.29 bits per heavy atom. The fourth-order valence-corrected chi connectivity index (χ4v) is 1.83. The first-order valence-corrected chi connectivity index (χ1v) is 5.65. The van der Waals surface area contributed by atoms with Gasteiger partial charge in [0, 0.05) is 6.04 Å². The Balaban J connectivity index is 3.25. The van der Waals surface area contributed by atoms with Gasteiger partial charge >= 0.3 is 0 Å². The SMILES string of the molecule is COc1cc(C)c(C(N)C(C)(C)C#N)cc1C. The van der Waals surface area contributed by atoms with Crippen molar-refractivity contribution in [2.24, 2.45) is 11.1 Å². The highest BCUT2D eigenvalue weighted by Gasteiger charge is 2.29. The molecule has 0 amide bonds. The van der Waals surface area contributed by atoms with Crippen LogP contribution in [0.5, 0.6) is 5.75 Å². The van der Waals surface area contributed by atoms with Gasteiger partial charge in [0.25, 0.3) is 0 Å². The van der Waals surface area contributed by atoms with Crippen molar-refractivity contribution in [2.45, 2.75) is 33.7 Å².